The fraction of sp³-hybridized carbons (Fsp3) is 0.625. The highest BCUT2D eigenvalue weighted by molar-refractivity contribution is 5.67. The molecular formula is C24H27F8NO2. The van der Waals surface area contributed by atoms with Crippen LogP contribution < -0.4 is 0 Å². The van der Waals surface area contributed by atoms with Crippen molar-refractivity contribution >= 4 is 5.97 Å². The summed E-state index contributed by atoms with van der Waals surface area (Å²) >= 11 is 0. The van der Waals surface area contributed by atoms with E-state index >= 15 is 0 Å². The molecule has 3 nitrogen and oxygen atoms in total. The number of carbonyl (C=O) groups is 1. The number of carboxylic acids is 1. The van der Waals surface area contributed by atoms with E-state index in [2.05, 4.69) is 11.8 Å². The molecule has 196 valence electrons. The summed E-state index contributed by atoms with van der Waals surface area (Å²) in [5, 5.41) is 9.28. The molecule has 35 heavy (non-hydrogen) atoms. The van der Waals surface area contributed by atoms with Crippen LogP contribution in [0.2, 0.25) is 0 Å². The zero-order chi connectivity index (χ0) is 26.8. The highest BCUT2D eigenvalue weighted by Crippen LogP contribution is 2.48. The number of halogens is 8. The van der Waals surface area contributed by atoms with Crippen molar-refractivity contribution in [3.63, 3.8) is 0 Å². The van der Waals surface area contributed by atoms with E-state index in [9.17, 15) is 45.0 Å². The summed E-state index contributed by atoms with van der Waals surface area (Å²) in [6.07, 6.45) is -12.9. The van der Waals surface area contributed by atoms with Gasteiger partial charge in [-0.05, 0) is 44.9 Å². The quantitative estimate of drug-likeness (QED) is 0.331. The molecule has 1 aromatic rings. The lowest BCUT2D eigenvalue weighted by molar-refractivity contribution is -0.163. The number of rotatable bonds is 6. The largest absolute Gasteiger partial charge is 0.481 e. The van der Waals surface area contributed by atoms with Gasteiger partial charge in [-0.3, -0.25) is 9.69 Å². The van der Waals surface area contributed by atoms with Crippen LogP contribution in [-0.2, 0) is 11.0 Å². The van der Waals surface area contributed by atoms with Gasteiger partial charge in [0.15, 0.2) is 0 Å². The Labute approximate surface area is 198 Å². The van der Waals surface area contributed by atoms with E-state index in [-0.39, 0.29) is 5.56 Å². The molecule has 1 N–H and O–H groups in total. The first kappa shape index (κ1) is 28.9. The minimum Gasteiger partial charge on any atom is -0.481 e. The monoisotopic (exact) mass is 513 g/mol. The van der Waals surface area contributed by atoms with Crippen LogP contribution in [0, 0.1) is 23.2 Å². The Balaban J connectivity index is 2.62. The molecule has 1 aliphatic heterocycles. The van der Waals surface area contributed by atoms with Crippen molar-refractivity contribution < 1.29 is 45.0 Å². The first-order valence-corrected chi connectivity index (χ1v) is 10.9. The Bertz CT molecular complexity index is 936. The Morgan fingerprint density at radius 3 is 2.14 bits per heavy atom. The molecule has 2 rings (SSSR count). The zero-order valence-corrected chi connectivity index (χ0v) is 19.4. The molecule has 0 aromatic heterocycles. The van der Waals surface area contributed by atoms with Gasteiger partial charge in [0.2, 0.25) is 0 Å². The fourth-order valence-electron chi connectivity index (χ4n) is 4.08. The third-order valence-corrected chi connectivity index (χ3v) is 5.67. The molecular weight excluding hydrogens is 486 g/mol. The van der Waals surface area contributed by atoms with E-state index < -0.39 is 85.5 Å². The summed E-state index contributed by atoms with van der Waals surface area (Å²) in [4.78, 5) is 12.7. The van der Waals surface area contributed by atoms with Gasteiger partial charge in [-0.15, -0.1) is 0 Å². The van der Waals surface area contributed by atoms with E-state index in [1.165, 1.54) is 4.90 Å². The molecule has 0 bridgehead atoms. The molecule has 3 unspecified atom stereocenters. The minimum absolute atomic E-state index is 0.0433. The second-order valence-corrected chi connectivity index (χ2v) is 9.71. The van der Waals surface area contributed by atoms with Gasteiger partial charge in [-0.1, -0.05) is 24.0 Å². The number of hydrogen-bond donors (Lipinski definition) is 1. The summed E-state index contributed by atoms with van der Waals surface area (Å²) in [7, 11) is 0. The molecule has 0 spiro atoms. The third kappa shape index (κ3) is 8.37. The Morgan fingerprint density at radius 2 is 1.69 bits per heavy atom. The summed E-state index contributed by atoms with van der Waals surface area (Å²) in [6, 6.07) is 0.678. The highest BCUT2D eigenvalue weighted by atomic mass is 19.4. The van der Waals surface area contributed by atoms with Crippen molar-refractivity contribution in [3.05, 3.63) is 35.4 Å². The maximum absolute atomic E-state index is 14.9. The number of carboxylic acid groups (broad SMARTS) is 1. The summed E-state index contributed by atoms with van der Waals surface area (Å²) in [5.74, 6) is -1.38. The molecule has 1 fully saturated rings. The van der Waals surface area contributed by atoms with Crippen molar-refractivity contribution in [1.82, 2.24) is 4.90 Å². The van der Waals surface area contributed by atoms with E-state index in [1.54, 1.807) is 20.8 Å². The Hall–Kier alpha value is -2.35. The van der Waals surface area contributed by atoms with Gasteiger partial charge in [-0.2, -0.15) is 26.3 Å². The van der Waals surface area contributed by atoms with E-state index in [0.717, 1.165) is 12.1 Å². The highest BCUT2D eigenvalue weighted by Gasteiger charge is 2.52. The topological polar surface area (TPSA) is 40.5 Å². The van der Waals surface area contributed by atoms with Crippen molar-refractivity contribution in [2.24, 2.45) is 11.3 Å². The smallest absolute Gasteiger partial charge is 0.416 e. The second kappa shape index (κ2) is 10.3. The standard InChI is InChI=1S/C24H27F8NO2/c1-21(2,3)10-8-17(9-11-23(27,28)29)33-13-12-22(25,26)18(14-19(34)35)20(33)15-4-6-16(7-5-15)24(30,31)32/h4-7,17-18,20H,9,11-14H2,1-3H3,(H,34,35). The van der Waals surface area contributed by atoms with Gasteiger partial charge >= 0.3 is 18.3 Å². The number of likely N-dealkylation sites (tertiary alicyclic amines) is 1. The SMILES string of the molecule is CC(C)(C)C#CC(CCC(F)(F)F)N1CCC(F)(F)C(CC(=O)O)C1c1ccc(C(F)(F)F)cc1. The van der Waals surface area contributed by atoms with Gasteiger partial charge in [0.25, 0.3) is 5.92 Å². The van der Waals surface area contributed by atoms with Crippen molar-refractivity contribution in [1.29, 1.82) is 0 Å². The predicted molar refractivity (Wildman–Crippen MR) is 113 cm³/mol. The number of benzene rings is 1. The van der Waals surface area contributed by atoms with Crippen LogP contribution in [-0.4, -0.2) is 40.7 Å². The van der Waals surface area contributed by atoms with Gasteiger partial charge < -0.3 is 5.11 Å². The Kier molecular flexibility index (Phi) is 8.52. The molecule has 1 saturated heterocycles. The minimum atomic E-state index is -4.69. The number of alkyl halides is 8. The molecule has 1 aliphatic rings. The first-order chi connectivity index (χ1) is 15.8. The first-order valence-electron chi connectivity index (χ1n) is 10.9. The third-order valence-electron chi connectivity index (χ3n) is 5.67. The fourth-order valence-corrected chi connectivity index (χ4v) is 4.08. The van der Waals surface area contributed by atoms with Crippen molar-refractivity contribution in [2.75, 3.05) is 6.54 Å². The van der Waals surface area contributed by atoms with Gasteiger partial charge in [0, 0.05) is 30.8 Å². The number of nitrogens with zero attached hydrogens (tertiary/aromatic N) is 1. The molecule has 11 heteroatoms. The van der Waals surface area contributed by atoms with Gasteiger partial charge in [-0.25, -0.2) is 8.78 Å². The molecule has 0 aliphatic carbocycles. The zero-order valence-electron chi connectivity index (χ0n) is 19.4. The van der Waals surface area contributed by atoms with Gasteiger partial charge in [0.05, 0.1) is 23.9 Å². The lowest BCUT2D eigenvalue weighted by Gasteiger charge is -2.47. The molecule has 0 amide bonds. The van der Waals surface area contributed by atoms with Crippen LogP contribution in [0.4, 0.5) is 35.1 Å². The van der Waals surface area contributed by atoms with Crippen LogP contribution in [0.1, 0.15) is 63.6 Å². The van der Waals surface area contributed by atoms with Crippen LogP contribution in [0.15, 0.2) is 24.3 Å². The van der Waals surface area contributed by atoms with Gasteiger partial charge in [0.1, 0.15) is 0 Å². The van der Waals surface area contributed by atoms with Crippen LogP contribution in [0.3, 0.4) is 0 Å². The number of piperidine rings is 1. The maximum Gasteiger partial charge on any atom is 0.416 e. The van der Waals surface area contributed by atoms with E-state index in [4.69, 9.17) is 0 Å². The number of aliphatic carboxylic acids is 1. The Morgan fingerprint density at radius 1 is 1.11 bits per heavy atom. The van der Waals surface area contributed by atoms with Crippen molar-refractivity contribution in [2.45, 2.75) is 76.8 Å². The molecule has 1 aromatic carbocycles. The molecule has 3 atom stereocenters. The molecule has 0 radical (unpaired) electrons. The lowest BCUT2D eigenvalue weighted by Crippen LogP contribution is -2.53. The molecule has 0 saturated carbocycles. The normalized spacial score (nSPS) is 22.3. The van der Waals surface area contributed by atoms with Crippen LogP contribution >= 0.6 is 0 Å². The van der Waals surface area contributed by atoms with Crippen molar-refractivity contribution in [3.8, 4) is 11.8 Å². The molecule has 1 heterocycles. The second-order valence-electron chi connectivity index (χ2n) is 9.71. The average Bonchev–Trinajstić information content (AvgIpc) is 2.67. The summed E-state index contributed by atoms with van der Waals surface area (Å²) < 4.78 is 108. The maximum atomic E-state index is 14.9. The number of hydrogen-bond acceptors (Lipinski definition) is 2. The average molecular weight is 513 g/mol. The van der Waals surface area contributed by atoms with Crippen LogP contribution in [0.5, 0.6) is 0 Å². The predicted octanol–water partition coefficient (Wildman–Crippen LogP) is 6.94. The van der Waals surface area contributed by atoms with E-state index in [1.807, 2.05) is 0 Å². The summed E-state index contributed by atoms with van der Waals surface area (Å²) in [6.45, 7) is 4.74. The van der Waals surface area contributed by atoms with Crippen LogP contribution in [0.25, 0.3) is 0 Å². The summed E-state index contributed by atoms with van der Waals surface area (Å²) in [5.41, 5.74) is -1.70. The lowest BCUT2D eigenvalue weighted by atomic mass is 9.78. The van der Waals surface area contributed by atoms with E-state index in [0.29, 0.717) is 12.1 Å².